The lowest BCUT2D eigenvalue weighted by atomic mass is 9.85. The Morgan fingerprint density at radius 3 is 1.43 bits per heavy atom. The van der Waals surface area contributed by atoms with Gasteiger partial charge >= 0.3 is 5.97 Å². The first-order chi connectivity index (χ1) is 43.1. The molecule has 3 amide bonds. The Kier molecular flexibility index (Phi) is 41.0. The zero-order chi connectivity index (χ0) is 70.6. The highest BCUT2D eigenvalue weighted by Gasteiger charge is 2.46. The van der Waals surface area contributed by atoms with E-state index in [2.05, 4.69) is 85.9 Å². The number of hydrogen-bond donors (Lipinski definition) is 5. The molecule has 0 radical (unpaired) electrons. The van der Waals surface area contributed by atoms with Crippen LogP contribution in [0.15, 0.2) is 85.2 Å². The number of thiol groups is 1. The van der Waals surface area contributed by atoms with E-state index in [4.69, 9.17) is 36.1 Å². The molecule has 3 aromatic rings. The van der Waals surface area contributed by atoms with E-state index in [-0.39, 0.29) is 64.7 Å². The molecule has 0 spiro atoms. The van der Waals surface area contributed by atoms with Crippen LogP contribution >= 0.6 is 72.4 Å². The minimum absolute atomic E-state index is 0.00724. The van der Waals surface area contributed by atoms with Crippen molar-refractivity contribution < 1.29 is 63.0 Å². The molecule has 19 nitrogen and oxygen atoms in total. The molecule has 0 aliphatic carbocycles. The van der Waals surface area contributed by atoms with Gasteiger partial charge in [0.25, 0.3) is 0 Å². The Labute approximate surface area is 588 Å². The van der Waals surface area contributed by atoms with E-state index in [1.807, 2.05) is 86.5 Å². The van der Waals surface area contributed by atoms with Gasteiger partial charge in [0.2, 0.25) is 23.3 Å². The van der Waals surface area contributed by atoms with Crippen molar-refractivity contribution in [1.29, 1.82) is 0 Å². The number of aliphatic carboxylic acids is 1. The third-order valence-electron chi connectivity index (χ3n) is 15.2. The molecule has 0 fully saturated rings. The van der Waals surface area contributed by atoms with Gasteiger partial charge in [0.1, 0.15) is 42.1 Å². The molecule has 526 valence electrons. The number of amides is 3. The van der Waals surface area contributed by atoms with Crippen molar-refractivity contribution in [2.45, 2.75) is 125 Å². The summed E-state index contributed by atoms with van der Waals surface area (Å²) in [6.45, 7) is 19.6. The summed E-state index contributed by atoms with van der Waals surface area (Å²) in [7, 11) is 3.64. The Hall–Kier alpha value is -3.60. The lowest BCUT2D eigenvalue weighted by Gasteiger charge is -2.32. The third-order valence-corrected chi connectivity index (χ3v) is 23.1. The monoisotopic (exact) mass is 1470 g/mol. The summed E-state index contributed by atoms with van der Waals surface area (Å²) in [6, 6.07) is 24.1. The Morgan fingerprint density at radius 2 is 1.03 bits per heavy atom. The first-order valence-corrected chi connectivity index (χ1v) is 41.7. The number of quaternary nitrogens is 3. The quantitative estimate of drug-likeness (QED) is 0.0117. The number of carbonyl (C=O) groups excluding carboxylic acids is 3. The van der Waals surface area contributed by atoms with Crippen LogP contribution < -0.4 is 16.0 Å². The van der Waals surface area contributed by atoms with E-state index >= 15 is 0 Å². The summed E-state index contributed by atoms with van der Waals surface area (Å²) in [5.41, 5.74) is 1.42. The largest absolute Gasteiger partial charge is 0.481 e. The van der Waals surface area contributed by atoms with Gasteiger partial charge in [-0.25, -0.2) is 31.8 Å². The fourth-order valence-electron chi connectivity index (χ4n) is 9.85. The number of thioether (sulfide) groups is 3. The molecule has 0 saturated heterocycles. The number of aromatic nitrogens is 1. The van der Waals surface area contributed by atoms with Crippen molar-refractivity contribution in [3.8, 4) is 0 Å². The van der Waals surface area contributed by atoms with E-state index in [1.165, 1.54) is 65.2 Å². The van der Waals surface area contributed by atoms with Crippen LogP contribution in [-0.4, -0.2) is 244 Å². The molecule has 4 N–H and O–H groups in total. The van der Waals surface area contributed by atoms with Crippen molar-refractivity contribution in [3.63, 3.8) is 0 Å². The molecular formula is C65H109N8O11S9+3. The molecule has 1 heterocycles. The second-order valence-electron chi connectivity index (χ2n) is 26.2. The van der Waals surface area contributed by atoms with Gasteiger partial charge in [-0.15, -0.1) is 11.8 Å². The smallest absolute Gasteiger partial charge is 0.303 e. The average Bonchev–Trinajstić information content (AvgIpc) is 1.34. The number of benzene rings is 2. The molecule has 0 saturated carbocycles. The van der Waals surface area contributed by atoms with Gasteiger partial charge in [-0.2, -0.15) is 12.6 Å². The number of thiocarbonyl (C=S) groups is 2. The lowest BCUT2D eigenvalue weighted by molar-refractivity contribution is -0.890. The van der Waals surface area contributed by atoms with E-state index < -0.39 is 45.8 Å². The van der Waals surface area contributed by atoms with Gasteiger partial charge < -0.3 is 43.9 Å². The first kappa shape index (κ1) is 87.4. The van der Waals surface area contributed by atoms with Crippen LogP contribution in [0.1, 0.15) is 103 Å². The standard InChI is InChI=1S/C24H35N3O3S3.C22H39N3O5S4.C19H32N2O3S2/c1-27(2,19-10-20-33(3,29)30)18-9-15-25-23(28)22(14-13-21-11-5-4-6-12-21)32-24(31)26-16-7-8-17-26;1-8-32-20(31)33-22(3,17-21(2,23-4)12-11-18(26)27)19(28)24-13-9-14-25(5,6)15-10-16-34(7,29)30;1-21(2,15-8-16-26(3,23)24)14-7-13-20-19(22)18(25)12-11-17-9-5-4-6-10-17/h4-8,11-12,16-17,22H,9-10,13-15,18-20H2,1-3H3;8-17H2,1-3,5-7H3,(H-,24,26,27,28);4-6,9-10,18H,7-8,11-16H2,1-3H3,(H-,20,22,25)/p+3. The van der Waals surface area contributed by atoms with Crippen molar-refractivity contribution in [1.82, 2.24) is 20.5 Å². The number of rotatable bonds is 41. The maximum atomic E-state index is 13.3. The van der Waals surface area contributed by atoms with E-state index in [0.29, 0.717) is 70.5 Å². The SMILES string of the molecule is C[N+](C)(CCCNC(=O)C(CCc1ccccc1)SC(=S)n1cccc1)CCCS(C)(=O)=O.C[N+](C)(CCCNC(=O)C(S)CCc1ccccc1)CCCS(C)(=O)=O.[C-]#[N+]C(C)(CCC(=O)O)CC(C)(SC(=S)SCC)C(=O)NCCC[N+](C)(C)CCCS(C)(=O)=O. The second-order valence-corrected chi connectivity index (χ2v) is 39.4. The normalized spacial score (nSPS) is 14.0. The van der Waals surface area contributed by atoms with Crippen LogP contribution in [0.25, 0.3) is 4.85 Å². The summed E-state index contributed by atoms with van der Waals surface area (Å²) in [5, 5.41) is 17.5. The molecule has 0 bridgehead atoms. The van der Waals surface area contributed by atoms with Crippen molar-refractivity contribution in [2.75, 3.05) is 143 Å². The average molecular weight is 1470 g/mol. The van der Waals surface area contributed by atoms with Gasteiger partial charge in [-0.3, -0.25) is 19.2 Å². The zero-order valence-electron chi connectivity index (χ0n) is 57.1. The molecule has 0 aliphatic heterocycles. The Morgan fingerprint density at radius 1 is 0.634 bits per heavy atom. The summed E-state index contributed by atoms with van der Waals surface area (Å²) < 4.78 is 72.1. The van der Waals surface area contributed by atoms with Gasteiger partial charge in [-0.05, 0) is 61.6 Å². The summed E-state index contributed by atoms with van der Waals surface area (Å²) in [6.07, 6.45) is 15.1. The first-order valence-electron chi connectivity index (χ1n) is 31.5. The molecule has 2 aromatic carbocycles. The van der Waals surface area contributed by atoms with Crippen LogP contribution in [0.4, 0.5) is 0 Å². The number of nitrogens with one attached hydrogen (secondary N) is 3. The number of sulfone groups is 3. The number of hydrogen-bond acceptors (Lipinski definition) is 16. The number of carboxylic acids is 1. The van der Waals surface area contributed by atoms with Crippen LogP contribution in [0.3, 0.4) is 0 Å². The zero-order valence-corrected chi connectivity index (χ0v) is 64.5. The Balaban J connectivity index is 0.000000704. The number of nitrogens with zero attached hydrogens (tertiary/aromatic N) is 5. The van der Waals surface area contributed by atoms with E-state index in [1.54, 1.807) is 13.8 Å². The number of carbonyl (C=O) groups is 4. The molecule has 4 atom stereocenters. The third kappa shape index (κ3) is 44.0. The molecule has 3 rings (SSSR count). The predicted molar refractivity (Wildman–Crippen MR) is 401 cm³/mol. The lowest BCUT2D eigenvalue weighted by Crippen LogP contribution is -2.48. The van der Waals surface area contributed by atoms with Crippen molar-refractivity contribution in [2.24, 2.45) is 0 Å². The highest BCUT2D eigenvalue weighted by Crippen LogP contribution is 2.40. The fraction of sp³-hybridized carbons (Fsp3) is 0.646. The highest BCUT2D eigenvalue weighted by atomic mass is 32.2. The van der Waals surface area contributed by atoms with Gasteiger partial charge in [0, 0.05) is 109 Å². The number of aryl methyl sites for hydroxylation is 2. The second kappa shape index (κ2) is 43.6. The van der Waals surface area contributed by atoms with Crippen molar-refractivity contribution in [3.05, 3.63) is 108 Å². The summed E-state index contributed by atoms with van der Waals surface area (Å²) in [5.74, 6) is 0.181. The molecule has 1 aromatic heterocycles. The summed E-state index contributed by atoms with van der Waals surface area (Å²) in [4.78, 5) is 53.1. The molecular weight excluding hydrogens is 1360 g/mol. The molecule has 93 heavy (non-hydrogen) atoms. The van der Waals surface area contributed by atoms with E-state index in [9.17, 15) is 44.4 Å². The highest BCUT2D eigenvalue weighted by molar-refractivity contribution is 8.47. The van der Waals surface area contributed by atoms with Crippen LogP contribution in [0.2, 0.25) is 0 Å². The summed E-state index contributed by atoms with van der Waals surface area (Å²) >= 11 is 19.6. The molecule has 28 heteroatoms. The topological polar surface area (TPSA) is 236 Å². The van der Waals surface area contributed by atoms with Crippen LogP contribution in [-0.2, 0) is 61.5 Å². The Bertz CT molecular complexity index is 3130. The van der Waals surface area contributed by atoms with Gasteiger partial charge in [0.15, 0.2) is 0 Å². The maximum Gasteiger partial charge on any atom is 0.303 e. The maximum absolute atomic E-state index is 13.3. The van der Waals surface area contributed by atoms with Crippen LogP contribution in [0.5, 0.6) is 0 Å². The fourth-order valence-corrected chi connectivity index (χ4v) is 16.6. The van der Waals surface area contributed by atoms with Crippen LogP contribution in [0, 0.1) is 6.57 Å². The van der Waals surface area contributed by atoms with Crippen molar-refractivity contribution >= 4 is 133 Å². The van der Waals surface area contributed by atoms with E-state index in [0.717, 1.165) is 79.7 Å². The van der Waals surface area contributed by atoms with Gasteiger partial charge in [0.05, 0.1) is 116 Å². The molecule has 4 unspecified atom stereocenters. The van der Waals surface area contributed by atoms with Gasteiger partial charge in [-0.1, -0.05) is 116 Å². The molecule has 0 aliphatic rings. The minimum atomic E-state index is -2.98. The predicted octanol–water partition coefficient (Wildman–Crippen LogP) is 8.77. The number of carboxylic acid groups (broad SMARTS) is 1. The minimum Gasteiger partial charge on any atom is -0.481 e.